The fourth-order valence-corrected chi connectivity index (χ4v) is 2.44. The van der Waals surface area contributed by atoms with Crippen molar-refractivity contribution in [2.75, 3.05) is 12.3 Å². The molecular weight excluding hydrogens is 268 g/mol. The normalized spacial score (nSPS) is 20.5. The van der Waals surface area contributed by atoms with E-state index in [2.05, 4.69) is 22.9 Å². The van der Waals surface area contributed by atoms with E-state index in [1.165, 1.54) is 0 Å². The summed E-state index contributed by atoms with van der Waals surface area (Å²) in [5, 5.41) is 0. The van der Waals surface area contributed by atoms with E-state index < -0.39 is 0 Å². The van der Waals surface area contributed by atoms with Crippen LogP contribution in [0.2, 0.25) is 0 Å². The van der Waals surface area contributed by atoms with E-state index in [-0.39, 0.29) is 5.91 Å². The van der Waals surface area contributed by atoms with Gasteiger partial charge in [0.2, 0.25) is 5.91 Å². The zero-order valence-electron chi connectivity index (χ0n) is 9.24. The molecule has 3 nitrogen and oxygen atoms in total. The molecule has 1 heterocycles. The second-order valence-corrected chi connectivity index (χ2v) is 5.20. The first-order valence-corrected chi connectivity index (χ1v) is 6.18. The maximum atomic E-state index is 11.7. The lowest BCUT2D eigenvalue weighted by atomic mass is 10.1. The number of hydrogen-bond acceptors (Lipinski definition) is 2. The Labute approximate surface area is 104 Å². The Balaban J connectivity index is 2.15. The Hall–Kier alpha value is -1.03. The second kappa shape index (κ2) is 4.45. The van der Waals surface area contributed by atoms with Crippen LogP contribution in [0.25, 0.3) is 0 Å². The van der Waals surface area contributed by atoms with Gasteiger partial charge in [-0.2, -0.15) is 0 Å². The fraction of sp³-hybridized carbons (Fsp3) is 0.417. The highest BCUT2D eigenvalue weighted by Gasteiger charge is 2.26. The van der Waals surface area contributed by atoms with Gasteiger partial charge in [0.15, 0.2) is 0 Å². The second-order valence-electron chi connectivity index (χ2n) is 4.40. The van der Waals surface area contributed by atoms with Crippen LogP contribution in [-0.4, -0.2) is 17.4 Å². The lowest BCUT2D eigenvalue weighted by Crippen LogP contribution is -2.24. The number of amides is 1. The Kier molecular flexibility index (Phi) is 3.19. The summed E-state index contributed by atoms with van der Waals surface area (Å²) in [5.74, 6) is 0.703. The third-order valence-electron chi connectivity index (χ3n) is 2.88. The zero-order valence-corrected chi connectivity index (χ0v) is 10.8. The molecule has 1 amide bonds. The lowest BCUT2D eigenvalue weighted by Gasteiger charge is -2.17. The van der Waals surface area contributed by atoms with Crippen LogP contribution < -0.4 is 5.73 Å². The molecule has 0 radical (unpaired) electrons. The molecular formula is C12H15BrN2O. The standard InChI is InChI=1S/C12H15BrN2O/c1-8-5-11(16)15(6-8)7-9-3-2-4-10(14)12(9)13/h2-4,8H,5-7,14H2,1H3. The van der Waals surface area contributed by atoms with Gasteiger partial charge >= 0.3 is 0 Å². The van der Waals surface area contributed by atoms with Crippen molar-refractivity contribution in [2.24, 2.45) is 5.92 Å². The summed E-state index contributed by atoms with van der Waals surface area (Å²) < 4.78 is 0.905. The summed E-state index contributed by atoms with van der Waals surface area (Å²) in [7, 11) is 0. The lowest BCUT2D eigenvalue weighted by molar-refractivity contribution is -0.128. The minimum Gasteiger partial charge on any atom is -0.398 e. The molecule has 1 saturated heterocycles. The molecule has 1 atom stereocenters. The molecule has 2 rings (SSSR count). The van der Waals surface area contributed by atoms with E-state index in [0.29, 0.717) is 18.9 Å². The molecule has 1 aromatic carbocycles. The Morgan fingerprint density at radius 1 is 1.56 bits per heavy atom. The van der Waals surface area contributed by atoms with Crippen molar-refractivity contribution in [3.63, 3.8) is 0 Å². The highest BCUT2D eigenvalue weighted by Crippen LogP contribution is 2.27. The zero-order chi connectivity index (χ0) is 11.7. The summed E-state index contributed by atoms with van der Waals surface area (Å²) >= 11 is 3.46. The molecule has 1 aliphatic rings. The van der Waals surface area contributed by atoms with Crippen molar-refractivity contribution in [1.82, 2.24) is 4.90 Å². The van der Waals surface area contributed by atoms with Gasteiger partial charge in [-0.1, -0.05) is 19.1 Å². The molecule has 1 aliphatic heterocycles. The van der Waals surface area contributed by atoms with Gasteiger partial charge in [-0.3, -0.25) is 4.79 Å². The molecule has 1 unspecified atom stereocenters. The maximum Gasteiger partial charge on any atom is 0.223 e. The number of hydrogen-bond donors (Lipinski definition) is 1. The van der Waals surface area contributed by atoms with Crippen molar-refractivity contribution in [3.05, 3.63) is 28.2 Å². The van der Waals surface area contributed by atoms with Crippen molar-refractivity contribution >= 4 is 27.5 Å². The largest absolute Gasteiger partial charge is 0.398 e. The molecule has 1 fully saturated rings. The summed E-state index contributed by atoms with van der Waals surface area (Å²) in [4.78, 5) is 13.6. The quantitative estimate of drug-likeness (QED) is 0.847. The molecule has 4 heteroatoms. The number of benzene rings is 1. The predicted molar refractivity (Wildman–Crippen MR) is 67.8 cm³/mol. The molecule has 0 saturated carbocycles. The molecule has 1 aromatic rings. The number of anilines is 1. The van der Waals surface area contributed by atoms with Crippen LogP contribution in [0, 0.1) is 5.92 Å². The summed E-state index contributed by atoms with van der Waals surface area (Å²) in [6.07, 6.45) is 0.667. The number of rotatable bonds is 2. The van der Waals surface area contributed by atoms with E-state index in [1.54, 1.807) is 0 Å². The third kappa shape index (κ3) is 2.21. The van der Waals surface area contributed by atoms with Crippen LogP contribution in [0.3, 0.4) is 0 Å². The predicted octanol–water partition coefficient (Wildman–Crippen LogP) is 2.40. The fourth-order valence-electron chi connectivity index (χ4n) is 2.05. The van der Waals surface area contributed by atoms with Crippen LogP contribution in [0.15, 0.2) is 22.7 Å². The van der Waals surface area contributed by atoms with Crippen LogP contribution in [0.1, 0.15) is 18.9 Å². The van der Waals surface area contributed by atoms with E-state index in [4.69, 9.17) is 5.73 Å². The smallest absolute Gasteiger partial charge is 0.223 e. The molecule has 0 bridgehead atoms. The van der Waals surface area contributed by atoms with E-state index >= 15 is 0 Å². The number of nitrogens with two attached hydrogens (primary N) is 1. The molecule has 86 valence electrons. The van der Waals surface area contributed by atoms with Gasteiger partial charge in [0, 0.05) is 29.7 Å². The van der Waals surface area contributed by atoms with Crippen molar-refractivity contribution in [3.8, 4) is 0 Å². The monoisotopic (exact) mass is 282 g/mol. The first-order valence-electron chi connectivity index (χ1n) is 5.38. The Morgan fingerprint density at radius 2 is 2.31 bits per heavy atom. The highest BCUT2D eigenvalue weighted by molar-refractivity contribution is 9.10. The molecule has 0 aliphatic carbocycles. The number of halogens is 1. The van der Waals surface area contributed by atoms with Gasteiger partial charge < -0.3 is 10.6 Å². The number of carbonyl (C=O) groups excluding carboxylic acids is 1. The van der Waals surface area contributed by atoms with Gasteiger partial charge in [0.1, 0.15) is 0 Å². The van der Waals surface area contributed by atoms with Crippen LogP contribution in [0.4, 0.5) is 5.69 Å². The van der Waals surface area contributed by atoms with Crippen molar-refractivity contribution < 1.29 is 4.79 Å². The first kappa shape index (κ1) is 11.5. The maximum absolute atomic E-state index is 11.7. The topological polar surface area (TPSA) is 46.3 Å². The average Bonchev–Trinajstić information content (AvgIpc) is 2.53. The van der Waals surface area contributed by atoms with Crippen molar-refractivity contribution in [1.29, 1.82) is 0 Å². The van der Waals surface area contributed by atoms with Crippen LogP contribution >= 0.6 is 15.9 Å². The van der Waals surface area contributed by atoms with E-state index in [1.807, 2.05) is 23.1 Å². The SMILES string of the molecule is CC1CC(=O)N(Cc2cccc(N)c2Br)C1. The van der Waals surface area contributed by atoms with Gasteiger partial charge in [-0.05, 0) is 33.5 Å². The molecule has 16 heavy (non-hydrogen) atoms. The van der Waals surface area contributed by atoms with Crippen LogP contribution in [-0.2, 0) is 11.3 Å². The first-order chi connectivity index (χ1) is 7.58. The molecule has 0 aromatic heterocycles. The number of carbonyl (C=O) groups is 1. The Bertz CT molecular complexity index is 419. The summed E-state index contributed by atoms with van der Waals surface area (Å²) in [6.45, 7) is 3.60. The van der Waals surface area contributed by atoms with Crippen molar-refractivity contribution in [2.45, 2.75) is 19.9 Å². The summed E-state index contributed by atoms with van der Waals surface area (Å²) in [5.41, 5.74) is 7.60. The summed E-state index contributed by atoms with van der Waals surface area (Å²) in [6, 6.07) is 5.76. The van der Waals surface area contributed by atoms with E-state index in [9.17, 15) is 4.79 Å². The van der Waals surface area contributed by atoms with Gasteiger partial charge in [0.25, 0.3) is 0 Å². The number of nitrogen functional groups attached to an aromatic ring is 1. The van der Waals surface area contributed by atoms with Gasteiger partial charge in [-0.15, -0.1) is 0 Å². The molecule has 0 spiro atoms. The van der Waals surface area contributed by atoms with Crippen LogP contribution in [0.5, 0.6) is 0 Å². The van der Waals surface area contributed by atoms with E-state index in [0.717, 1.165) is 22.3 Å². The third-order valence-corrected chi connectivity index (χ3v) is 3.84. The Morgan fingerprint density at radius 3 is 2.94 bits per heavy atom. The number of nitrogens with zero attached hydrogens (tertiary/aromatic N) is 1. The number of likely N-dealkylation sites (tertiary alicyclic amines) is 1. The minimum atomic E-state index is 0.238. The highest BCUT2D eigenvalue weighted by atomic mass is 79.9. The van der Waals surface area contributed by atoms with Gasteiger partial charge in [-0.25, -0.2) is 0 Å². The average molecular weight is 283 g/mol. The van der Waals surface area contributed by atoms with Gasteiger partial charge in [0.05, 0.1) is 0 Å². The minimum absolute atomic E-state index is 0.238. The molecule has 2 N–H and O–H groups in total.